The minimum absolute atomic E-state index is 0.872. The maximum atomic E-state index is 4.08. The van der Waals surface area contributed by atoms with E-state index in [1.165, 1.54) is 0 Å². The van der Waals surface area contributed by atoms with Crippen molar-refractivity contribution in [2.24, 2.45) is 4.99 Å². The predicted octanol–water partition coefficient (Wildman–Crippen LogP) is 0.872. The van der Waals surface area contributed by atoms with Crippen molar-refractivity contribution >= 4 is 24.7 Å². The Morgan fingerprint density at radius 3 is 2.38 bits per heavy atom. The van der Waals surface area contributed by atoms with E-state index in [1.54, 1.807) is 11.8 Å². The van der Waals surface area contributed by atoms with Crippen LogP contribution in [0.3, 0.4) is 0 Å². The maximum absolute atomic E-state index is 4.08. The van der Waals surface area contributed by atoms with E-state index in [9.17, 15) is 0 Å². The largest absolute Gasteiger partial charge is 0.263 e. The molecule has 0 aromatic heterocycles. The van der Waals surface area contributed by atoms with Crippen molar-refractivity contribution < 1.29 is 0 Å². The third kappa shape index (κ3) is 4.00. The molecule has 0 atom stereocenters. The fraction of sp³-hybridized carbons (Fsp3) is 0.400. The highest BCUT2D eigenvalue weighted by molar-refractivity contribution is 8.13. The van der Waals surface area contributed by atoms with E-state index < -0.39 is 0 Å². The topological polar surface area (TPSA) is 12.4 Å². The van der Waals surface area contributed by atoms with Gasteiger partial charge in [-0.15, -0.1) is 11.8 Å². The summed E-state index contributed by atoms with van der Waals surface area (Å²) in [4.78, 5) is 4.08. The van der Waals surface area contributed by atoms with Gasteiger partial charge >= 0.3 is 0 Å². The minimum atomic E-state index is 0.872. The summed E-state index contributed by atoms with van der Waals surface area (Å²) in [7, 11) is 1.89. The molecule has 0 fully saturated rings. The van der Waals surface area contributed by atoms with Crippen molar-refractivity contribution in [3.8, 4) is 0 Å². The summed E-state index contributed by atoms with van der Waals surface area (Å²) in [5.74, 6) is 0. The number of thioether (sulfide) groups is 1. The Labute approximate surface area is 55.7 Å². The van der Waals surface area contributed by atoms with Crippen LogP contribution in [0.5, 0.6) is 0 Å². The minimum Gasteiger partial charge on any atom is -0.263 e. The second-order valence-electron chi connectivity index (χ2n) is 1.57. The monoisotopic (exact) mass is 127 g/mol. The summed E-state index contributed by atoms with van der Waals surface area (Å²) in [5, 5.41) is 1.07. The van der Waals surface area contributed by atoms with E-state index in [0.29, 0.717) is 0 Å². The molecule has 1 nitrogen and oxygen atoms in total. The molecular weight excluding hydrogens is 117 g/mol. The van der Waals surface area contributed by atoms with Crippen LogP contribution in [-0.4, -0.2) is 19.1 Å². The molecule has 44 valence electrons. The zero-order valence-corrected chi connectivity index (χ0v) is 6.38. The summed E-state index contributed by atoms with van der Waals surface area (Å²) < 4.78 is 0. The van der Waals surface area contributed by atoms with Crippen LogP contribution in [0.25, 0.3) is 0 Å². The summed E-state index contributed by atoms with van der Waals surface area (Å²) in [6, 6.07) is 0. The first-order valence-corrected chi connectivity index (χ1v) is 3.64. The highest BCUT2D eigenvalue weighted by atomic mass is 32.2. The molecule has 0 amide bonds. The average molecular weight is 127 g/mol. The lowest BCUT2D eigenvalue weighted by Crippen LogP contribution is -1.82. The van der Waals surface area contributed by atoms with E-state index in [0.717, 1.165) is 10.6 Å². The maximum Gasteiger partial charge on any atom is 0.163 e. The van der Waals surface area contributed by atoms with Gasteiger partial charge in [-0.25, -0.2) is 0 Å². The molecule has 0 N–H and O–H groups in total. The average Bonchev–Trinajstić information content (AvgIpc) is 1.65. The molecule has 0 bridgehead atoms. The lowest BCUT2D eigenvalue weighted by atomic mass is 10.1. The van der Waals surface area contributed by atoms with Gasteiger partial charge in [0.15, 0.2) is 7.85 Å². The van der Waals surface area contributed by atoms with Crippen molar-refractivity contribution in [2.75, 3.05) is 6.26 Å². The lowest BCUT2D eigenvalue weighted by molar-refractivity contribution is 1.54. The van der Waals surface area contributed by atoms with E-state index in [4.69, 9.17) is 0 Å². The highest BCUT2D eigenvalue weighted by Crippen LogP contribution is 1.98. The Balaban J connectivity index is 3.75. The third-order valence-electron chi connectivity index (χ3n) is 0.644. The summed E-state index contributed by atoms with van der Waals surface area (Å²) in [5.41, 5.74) is 0.872. The molecule has 0 rings (SSSR count). The van der Waals surface area contributed by atoms with Gasteiger partial charge in [0.2, 0.25) is 0 Å². The van der Waals surface area contributed by atoms with Crippen molar-refractivity contribution in [3.63, 3.8) is 0 Å². The van der Waals surface area contributed by atoms with Gasteiger partial charge in [0.1, 0.15) is 0 Å². The van der Waals surface area contributed by atoms with E-state index in [-0.39, 0.29) is 0 Å². The van der Waals surface area contributed by atoms with E-state index in [1.807, 2.05) is 21.0 Å². The van der Waals surface area contributed by atoms with Crippen LogP contribution >= 0.6 is 11.8 Å². The van der Waals surface area contributed by atoms with Gasteiger partial charge in [-0.3, -0.25) is 4.99 Å². The Kier molecular flexibility index (Phi) is 3.70. The van der Waals surface area contributed by atoms with E-state index in [2.05, 4.69) is 11.6 Å². The third-order valence-corrected chi connectivity index (χ3v) is 1.33. The molecule has 0 radical (unpaired) electrons. The Hall–Kier alpha value is -0.175. The fourth-order valence-corrected chi connectivity index (χ4v) is 0.562. The summed E-state index contributed by atoms with van der Waals surface area (Å²) in [6.07, 6.45) is 2.00. The number of nitrogens with zero attached hydrogens (tertiary/aromatic N) is 1. The Morgan fingerprint density at radius 2 is 2.25 bits per heavy atom. The number of aliphatic imine (C=N–C) groups is 1. The molecule has 0 spiro atoms. The number of hydrogen-bond donors (Lipinski definition) is 0. The van der Waals surface area contributed by atoms with Crippen molar-refractivity contribution in [1.29, 1.82) is 0 Å². The molecule has 0 unspecified atom stereocenters. The zero-order chi connectivity index (χ0) is 6.57. The normalized spacial score (nSPS) is 11.5. The molecule has 0 heterocycles. The van der Waals surface area contributed by atoms with Gasteiger partial charge in [-0.2, -0.15) is 0 Å². The van der Waals surface area contributed by atoms with Crippen molar-refractivity contribution in [2.45, 2.75) is 6.92 Å². The lowest BCUT2D eigenvalue weighted by Gasteiger charge is -1.91. The van der Waals surface area contributed by atoms with Gasteiger partial charge < -0.3 is 0 Å². The number of rotatable bonds is 1. The molecule has 0 saturated heterocycles. The second kappa shape index (κ2) is 3.78. The van der Waals surface area contributed by atoms with E-state index >= 15 is 0 Å². The molecule has 0 aliphatic carbocycles. The molecule has 8 heavy (non-hydrogen) atoms. The number of hydrogen-bond acceptors (Lipinski definition) is 2. The molecule has 3 heteroatoms. The van der Waals surface area contributed by atoms with Gasteiger partial charge in [0, 0.05) is 0 Å². The zero-order valence-electron chi connectivity index (χ0n) is 5.56. The van der Waals surface area contributed by atoms with Crippen LogP contribution in [-0.2, 0) is 0 Å². The Morgan fingerprint density at radius 1 is 1.75 bits per heavy atom. The smallest absolute Gasteiger partial charge is 0.163 e. The fourth-order valence-electron chi connectivity index (χ4n) is 0.314. The highest BCUT2D eigenvalue weighted by Gasteiger charge is 1.82. The first kappa shape index (κ1) is 7.82. The summed E-state index contributed by atoms with van der Waals surface area (Å²) >= 11 is 1.64. The van der Waals surface area contributed by atoms with Gasteiger partial charge in [0.25, 0.3) is 0 Å². The van der Waals surface area contributed by atoms with Gasteiger partial charge in [0.05, 0.1) is 5.04 Å². The van der Waals surface area contributed by atoms with Gasteiger partial charge in [-0.1, -0.05) is 6.58 Å². The second-order valence-corrected chi connectivity index (χ2v) is 2.57. The van der Waals surface area contributed by atoms with Gasteiger partial charge in [-0.05, 0) is 18.8 Å². The van der Waals surface area contributed by atoms with Crippen LogP contribution in [0.2, 0.25) is 0 Å². The molecule has 0 saturated carbocycles. The summed E-state index contributed by atoms with van der Waals surface area (Å²) in [6.45, 7) is 5.61. The molecule has 0 aromatic rings. The quantitative estimate of drug-likeness (QED) is 0.289. The van der Waals surface area contributed by atoms with Crippen LogP contribution in [0, 0.1) is 0 Å². The van der Waals surface area contributed by atoms with Crippen LogP contribution in [0.4, 0.5) is 0 Å². The van der Waals surface area contributed by atoms with Crippen molar-refractivity contribution in [1.82, 2.24) is 0 Å². The molecular formula is C5H10BNS. The van der Waals surface area contributed by atoms with Crippen LogP contribution in [0.15, 0.2) is 17.2 Å². The standard InChI is InChI=1S/C5H10BNS/c1-4(6)7-5(2)8-3/h1,6H2,2-3H3/b7-5-. The van der Waals surface area contributed by atoms with Crippen molar-refractivity contribution in [3.05, 3.63) is 12.2 Å². The first-order valence-electron chi connectivity index (χ1n) is 2.41. The Bertz CT molecular complexity index is 120. The first-order chi connectivity index (χ1) is 3.66. The predicted molar refractivity (Wildman–Crippen MR) is 44.3 cm³/mol. The molecule has 0 aliphatic rings. The molecule has 0 aromatic carbocycles. The van der Waals surface area contributed by atoms with Crippen LogP contribution in [0.1, 0.15) is 6.92 Å². The SMILES string of the molecule is BC(=C)/N=C(/C)SC. The van der Waals surface area contributed by atoms with Crippen LogP contribution < -0.4 is 0 Å². The molecule has 0 aliphatic heterocycles.